The molecule has 1 unspecified atom stereocenters. The molecule has 5 rings (SSSR count). The number of carbonyl (C=O) groups is 4. The van der Waals surface area contributed by atoms with E-state index >= 15 is 0 Å². The average molecular weight is 460 g/mol. The number of nitrogens with one attached hydrogen (secondary N) is 4. The summed E-state index contributed by atoms with van der Waals surface area (Å²) in [7, 11) is 0. The Balaban J connectivity index is 1.18. The Morgan fingerprint density at radius 3 is 2.85 bits per heavy atom. The number of aromatic nitrogens is 1. The molecule has 4 N–H and O–H groups in total. The summed E-state index contributed by atoms with van der Waals surface area (Å²) >= 11 is 0. The Bertz CT molecular complexity index is 1330. The fourth-order valence-electron chi connectivity index (χ4n) is 4.71. The lowest BCUT2D eigenvalue weighted by Gasteiger charge is -2.29. The summed E-state index contributed by atoms with van der Waals surface area (Å²) < 4.78 is 0. The molecule has 5 amide bonds. The van der Waals surface area contributed by atoms with Crippen LogP contribution in [0.4, 0.5) is 10.5 Å². The number of urea groups is 1. The number of benzene rings is 2. The summed E-state index contributed by atoms with van der Waals surface area (Å²) in [5.41, 5.74) is 5.24. The number of amides is 5. The minimum absolute atomic E-state index is 0.210. The predicted octanol–water partition coefficient (Wildman–Crippen LogP) is 2.60. The summed E-state index contributed by atoms with van der Waals surface area (Å²) in [5, 5.41) is 9.13. The van der Waals surface area contributed by atoms with Gasteiger partial charge < -0.3 is 20.5 Å². The molecule has 174 valence electrons. The van der Waals surface area contributed by atoms with Crippen LogP contribution in [-0.2, 0) is 22.6 Å². The molecule has 3 aromatic rings. The Kier molecular flexibility index (Phi) is 5.53. The number of imide groups is 1. The molecule has 0 spiro atoms. The van der Waals surface area contributed by atoms with E-state index in [2.05, 4.69) is 40.0 Å². The van der Waals surface area contributed by atoms with Crippen molar-refractivity contribution in [3.8, 4) is 0 Å². The van der Waals surface area contributed by atoms with E-state index in [1.165, 1.54) is 10.5 Å². The van der Waals surface area contributed by atoms with E-state index < -0.39 is 11.9 Å². The Labute approximate surface area is 195 Å². The van der Waals surface area contributed by atoms with Crippen LogP contribution >= 0.6 is 0 Å². The minimum Gasteiger partial charge on any atom is -0.361 e. The number of H-pyrrole nitrogens is 1. The number of hydrogen-bond donors (Lipinski definition) is 4. The van der Waals surface area contributed by atoms with Crippen molar-refractivity contribution in [3.05, 3.63) is 64.8 Å². The second-order valence-electron chi connectivity index (χ2n) is 8.71. The summed E-state index contributed by atoms with van der Waals surface area (Å²) in [5.74, 6) is -1.00. The molecule has 2 aromatic carbocycles. The number of rotatable bonds is 5. The van der Waals surface area contributed by atoms with Crippen molar-refractivity contribution in [2.75, 3.05) is 11.9 Å². The molecule has 9 nitrogen and oxygen atoms in total. The van der Waals surface area contributed by atoms with Gasteiger partial charge in [-0.1, -0.05) is 18.2 Å². The van der Waals surface area contributed by atoms with Crippen molar-refractivity contribution in [1.29, 1.82) is 0 Å². The zero-order valence-corrected chi connectivity index (χ0v) is 18.7. The van der Waals surface area contributed by atoms with Crippen molar-refractivity contribution in [2.45, 2.75) is 38.8 Å². The first-order valence-corrected chi connectivity index (χ1v) is 11.3. The van der Waals surface area contributed by atoms with Crippen LogP contribution in [0.5, 0.6) is 0 Å². The van der Waals surface area contributed by atoms with Gasteiger partial charge in [0.2, 0.25) is 11.8 Å². The fourth-order valence-corrected chi connectivity index (χ4v) is 4.71. The number of para-hydroxylation sites is 1. The van der Waals surface area contributed by atoms with Crippen LogP contribution < -0.4 is 16.0 Å². The summed E-state index contributed by atoms with van der Waals surface area (Å²) in [4.78, 5) is 53.6. The van der Waals surface area contributed by atoms with Gasteiger partial charge in [0.15, 0.2) is 0 Å². The highest BCUT2D eigenvalue weighted by Gasteiger charge is 2.39. The van der Waals surface area contributed by atoms with Gasteiger partial charge in [-0.25, -0.2) is 4.79 Å². The van der Waals surface area contributed by atoms with Crippen LogP contribution in [0.1, 0.15) is 39.9 Å². The molecule has 0 saturated carbocycles. The first-order valence-electron chi connectivity index (χ1n) is 11.3. The van der Waals surface area contributed by atoms with E-state index in [-0.39, 0.29) is 30.8 Å². The van der Waals surface area contributed by atoms with Crippen LogP contribution in [0.25, 0.3) is 10.9 Å². The number of fused-ring (bicyclic) bond motifs is 2. The maximum atomic E-state index is 12.8. The number of carbonyl (C=O) groups excluding carboxylic acids is 4. The van der Waals surface area contributed by atoms with Crippen LogP contribution in [0.3, 0.4) is 0 Å². The lowest BCUT2D eigenvalue weighted by molar-refractivity contribution is -0.136. The molecule has 1 aromatic heterocycles. The van der Waals surface area contributed by atoms with Crippen LogP contribution in [0, 0.1) is 6.92 Å². The predicted molar refractivity (Wildman–Crippen MR) is 126 cm³/mol. The smallest absolute Gasteiger partial charge is 0.319 e. The van der Waals surface area contributed by atoms with E-state index in [0.717, 1.165) is 22.0 Å². The maximum absolute atomic E-state index is 12.8. The van der Waals surface area contributed by atoms with E-state index in [0.29, 0.717) is 30.6 Å². The SMILES string of the molecule is Cc1cccc2c(CCNC(=O)Nc3ccc4c(c3)CN(C3CCC(=O)NC3=O)C4=O)c[nH]c12. The van der Waals surface area contributed by atoms with E-state index in [9.17, 15) is 19.2 Å². The zero-order chi connectivity index (χ0) is 23.8. The van der Waals surface area contributed by atoms with Crippen LogP contribution in [-0.4, -0.2) is 46.2 Å². The van der Waals surface area contributed by atoms with Gasteiger partial charge >= 0.3 is 6.03 Å². The first kappa shape index (κ1) is 21.7. The first-order chi connectivity index (χ1) is 16.4. The molecule has 9 heteroatoms. The molecule has 0 bridgehead atoms. The Hall–Kier alpha value is -4.14. The second kappa shape index (κ2) is 8.66. The lowest BCUT2D eigenvalue weighted by atomic mass is 10.0. The number of nitrogens with zero attached hydrogens (tertiary/aromatic N) is 1. The maximum Gasteiger partial charge on any atom is 0.319 e. The summed E-state index contributed by atoms with van der Waals surface area (Å²) in [6, 6.07) is 10.2. The van der Waals surface area contributed by atoms with Gasteiger partial charge in [-0.2, -0.15) is 0 Å². The molecule has 1 fully saturated rings. The van der Waals surface area contributed by atoms with Crippen LogP contribution in [0.2, 0.25) is 0 Å². The van der Waals surface area contributed by atoms with Gasteiger partial charge in [-0.15, -0.1) is 0 Å². The third-order valence-corrected chi connectivity index (χ3v) is 6.47. The summed E-state index contributed by atoms with van der Waals surface area (Å²) in [6.45, 7) is 2.79. The molecule has 0 radical (unpaired) electrons. The van der Waals surface area contributed by atoms with Crippen molar-refractivity contribution in [2.24, 2.45) is 0 Å². The molecule has 1 saturated heterocycles. The normalized spacial score (nSPS) is 17.6. The van der Waals surface area contributed by atoms with E-state index in [1.807, 2.05) is 12.3 Å². The topological polar surface area (TPSA) is 123 Å². The van der Waals surface area contributed by atoms with Crippen LogP contribution in [0.15, 0.2) is 42.6 Å². The van der Waals surface area contributed by atoms with Crippen molar-refractivity contribution in [1.82, 2.24) is 20.5 Å². The summed E-state index contributed by atoms with van der Waals surface area (Å²) in [6.07, 6.45) is 3.19. The molecule has 2 aliphatic rings. The quantitative estimate of drug-likeness (QED) is 0.438. The number of anilines is 1. The highest BCUT2D eigenvalue weighted by Crippen LogP contribution is 2.29. The lowest BCUT2D eigenvalue weighted by Crippen LogP contribution is -2.52. The van der Waals surface area contributed by atoms with Gasteiger partial charge in [0.25, 0.3) is 5.91 Å². The fraction of sp³-hybridized carbons (Fsp3) is 0.280. The molecule has 2 aliphatic heterocycles. The third-order valence-electron chi connectivity index (χ3n) is 6.47. The molecule has 0 aliphatic carbocycles. The standard InChI is InChI=1S/C25H25N5O4/c1-14-3-2-4-18-15(12-27-22(14)18)9-10-26-25(34)28-17-5-6-19-16(11-17)13-30(24(19)33)20-7-8-21(31)29-23(20)32/h2-6,11-12,20,27H,7-10,13H2,1H3,(H2,26,28,34)(H,29,31,32). The monoisotopic (exact) mass is 459 g/mol. The molecular formula is C25H25N5O4. The number of piperidine rings is 1. The largest absolute Gasteiger partial charge is 0.361 e. The minimum atomic E-state index is -0.661. The van der Waals surface area contributed by atoms with Gasteiger partial charge in [0.1, 0.15) is 6.04 Å². The molecule has 3 heterocycles. The third kappa shape index (κ3) is 4.00. The highest BCUT2D eigenvalue weighted by atomic mass is 16.2. The Morgan fingerprint density at radius 2 is 2.03 bits per heavy atom. The van der Waals surface area contributed by atoms with Crippen molar-refractivity contribution >= 4 is 40.3 Å². The number of aryl methyl sites for hydroxylation is 1. The van der Waals surface area contributed by atoms with E-state index in [4.69, 9.17) is 0 Å². The van der Waals surface area contributed by atoms with Gasteiger partial charge in [0.05, 0.1) is 0 Å². The number of hydrogen-bond acceptors (Lipinski definition) is 4. The van der Waals surface area contributed by atoms with Gasteiger partial charge in [-0.3, -0.25) is 19.7 Å². The van der Waals surface area contributed by atoms with E-state index in [1.54, 1.807) is 18.2 Å². The molecular weight excluding hydrogens is 434 g/mol. The van der Waals surface area contributed by atoms with Crippen molar-refractivity contribution in [3.63, 3.8) is 0 Å². The average Bonchev–Trinajstić information content (AvgIpc) is 3.36. The number of aromatic amines is 1. The molecule has 34 heavy (non-hydrogen) atoms. The highest BCUT2D eigenvalue weighted by molar-refractivity contribution is 6.05. The zero-order valence-electron chi connectivity index (χ0n) is 18.7. The van der Waals surface area contributed by atoms with Crippen molar-refractivity contribution < 1.29 is 19.2 Å². The molecule has 1 atom stereocenters. The van der Waals surface area contributed by atoms with Gasteiger partial charge in [-0.05, 0) is 54.7 Å². The second-order valence-corrected chi connectivity index (χ2v) is 8.71. The Morgan fingerprint density at radius 1 is 1.18 bits per heavy atom. The van der Waals surface area contributed by atoms with Gasteiger partial charge in [0, 0.05) is 47.9 Å².